The van der Waals surface area contributed by atoms with Crippen LogP contribution in [0.5, 0.6) is 0 Å². The molecule has 1 unspecified atom stereocenters. The van der Waals surface area contributed by atoms with E-state index in [9.17, 15) is 4.79 Å². The highest BCUT2D eigenvalue weighted by Crippen LogP contribution is 2.28. The van der Waals surface area contributed by atoms with Crippen LogP contribution in [0.3, 0.4) is 0 Å². The van der Waals surface area contributed by atoms with Crippen LogP contribution >= 0.6 is 0 Å². The van der Waals surface area contributed by atoms with Crippen LogP contribution < -0.4 is 10.6 Å². The van der Waals surface area contributed by atoms with E-state index in [0.29, 0.717) is 13.2 Å². The third kappa shape index (κ3) is 4.74. The van der Waals surface area contributed by atoms with Gasteiger partial charge in [0.25, 0.3) is 0 Å². The van der Waals surface area contributed by atoms with E-state index >= 15 is 0 Å². The van der Waals surface area contributed by atoms with Crippen LogP contribution in [0.25, 0.3) is 11.0 Å². The molecule has 4 N–H and O–H groups in total. The molecule has 1 aliphatic rings. The Morgan fingerprint density at radius 3 is 3.19 bits per heavy atom. The number of methoxy groups -OCH3 is 1. The first-order valence-electron chi connectivity index (χ1n) is 9.47. The Morgan fingerprint density at radius 2 is 2.31 bits per heavy atom. The molecule has 3 heterocycles. The molecule has 7 heteroatoms. The summed E-state index contributed by atoms with van der Waals surface area (Å²) in [5, 5.41) is 7.64. The second-order valence-electron chi connectivity index (χ2n) is 6.76. The number of nitrogens with zero attached hydrogens (tertiary/aromatic N) is 1. The first kappa shape index (κ1) is 18.7. The normalized spacial score (nSPS) is 19.3. The third-order valence-electron chi connectivity index (χ3n) is 4.91. The SMILES string of the molecule is COCCNC(=O)C1CCCCC=Nc2[nH]c3[nH]ccc3c2CNCC1. The summed E-state index contributed by atoms with van der Waals surface area (Å²) in [5.41, 5.74) is 2.19. The summed E-state index contributed by atoms with van der Waals surface area (Å²) < 4.78 is 5.01. The summed E-state index contributed by atoms with van der Waals surface area (Å²) in [7, 11) is 1.65. The van der Waals surface area contributed by atoms with E-state index in [1.807, 2.05) is 12.4 Å². The molecule has 1 atom stereocenters. The van der Waals surface area contributed by atoms with Gasteiger partial charge in [0.2, 0.25) is 5.91 Å². The number of fused-ring (bicyclic) bond motifs is 3. The van der Waals surface area contributed by atoms with Crippen LogP contribution in [0.15, 0.2) is 17.3 Å². The first-order chi connectivity index (χ1) is 12.8. The highest BCUT2D eigenvalue weighted by molar-refractivity contribution is 5.86. The molecule has 0 bridgehead atoms. The lowest BCUT2D eigenvalue weighted by molar-refractivity contribution is -0.125. The number of aromatic amines is 2. The van der Waals surface area contributed by atoms with Gasteiger partial charge in [-0.3, -0.25) is 4.79 Å². The van der Waals surface area contributed by atoms with Gasteiger partial charge >= 0.3 is 0 Å². The maximum Gasteiger partial charge on any atom is 0.223 e. The lowest BCUT2D eigenvalue weighted by Crippen LogP contribution is -2.34. The highest BCUT2D eigenvalue weighted by Gasteiger charge is 2.18. The molecule has 7 nitrogen and oxygen atoms in total. The lowest BCUT2D eigenvalue weighted by Gasteiger charge is -2.17. The van der Waals surface area contributed by atoms with Crippen molar-refractivity contribution in [1.29, 1.82) is 0 Å². The predicted octanol–water partition coefficient (Wildman–Crippen LogP) is 2.63. The number of ether oxygens (including phenoxy) is 1. The fourth-order valence-corrected chi connectivity index (χ4v) is 3.43. The van der Waals surface area contributed by atoms with E-state index in [4.69, 9.17) is 4.74 Å². The lowest BCUT2D eigenvalue weighted by atomic mass is 9.96. The topological polar surface area (TPSA) is 94.3 Å². The molecule has 0 aliphatic carbocycles. The van der Waals surface area contributed by atoms with Crippen molar-refractivity contribution in [3.8, 4) is 0 Å². The molecule has 3 rings (SSSR count). The Morgan fingerprint density at radius 1 is 1.38 bits per heavy atom. The second-order valence-corrected chi connectivity index (χ2v) is 6.76. The Labute approximate surface area is 154 Å². The summed E-state index contributed by atoms with van der Waals surface area (Å²) in [4.78, 5) is 23.6. The monoisotopic (exact) mass is 359 g/mol. The Bertz CT molecular complexity index is 733. The van der Waals surface area contributed by atoms with Gasteiger partial charge in [0, 0.05) is 49.5 Å². The highest BCUT2D eigenvalue weighted by atomic mass is 16.5. The zero-order valence-electron chi connectivity index (χ0n) is 15.4. The number of carbonyl (C=O) groups is 1. The quantitative estimate of drug-likeness (QED) is 0.632. The summed E-state index contributed by atoms with van der Waals surface area (Å²) >= 11 is 0. The predicted molar refractivity (Wildman–Crippen MR) is 104 cm³/mol. The van der Waals surface area contributed by atoms with Crippen molar-refractivity contribution in [2.24, 2.45) is 10.9 Å². The van der Waals surface area contributed by atoms with E-state index in [-0.39, 0.29) is 11.8 Å². The summed E-state index contributed by atoms with van der Waals surface area (Å²) in [5.74, 6) is 1.12. The van der Waals surface area contributed by atoms with Gasteiger partial charge in [-0.25, -0.2) is 4.99 Å². The standard InChI is InChI=1S/C19H29N5O2/c1-26-12-11-23-19(25)14-5-3-2-4-8-21-18-16(13-20-9-6-14)15-7-10-22-17(15)24-18/h7-8,10,14,20,22,24H,2-6,9,11-13H2,1H3,(H,23,25). The maximum atomic E-state index is 12.4. The van der Waals surface area contributed by atoms with Crippen molar-refractivity contribution in [3.05, 3.63) is 17.8 Å². The van der Waals surface area contributed by atoms with Crippen LogP contribution in [-0.2, 0) is 16.1 Å². The van der Waals surface area contributed by atoms with Crippen molar-refractivity contribution in [2.75, 3.05) is 26.8 Å². The van der Waals surface area contributed by atoms with E-state index in [1.165, 1.54) is 10.9 Å². The van der Waals surface area contributed by atoms with Gasteiger partial charge in [0.15, 0.2) is 0 Å². The van der Waals surface area contributed by atoms with Crippen LogP contribution in [0.2, 0.25) is 0 Å². The Hall–Kier alpha value is -2.12. The number of hydrogen-bond acceptors (Lipinski definition) is 4. The van der Waals surface area contributed by atoms with Crippen LogP contribution in [0.4, 0.5) is 5.82 Å². The molecule has 142 valence electrons. The molecule has 26 heavy (non-hydrogen) atoms. The molecule has 0 aromatic carbocycles. The summed E-state index contributed by atoms with van der Waals surface area (Å²) in [6.07, 6.45) is 8.70. The number of aromatic nitrogens is 2. The minimum Gasteiger partial charge on any atom is -0.383 e. The number of nitrogens with one attached hydrogen (secondary N) is 4. The van der Waals surface area contributed by atoms with Gasteiger partial charge < -0.3 is 25.3 Å². The fourth-order valence-electron chi connectivity index (χ4n) is 3.43. The average Bonchev–Trinajstić information content (AvgIpc) is 3.21. The van der Waals surface area contributed by atoms with E-state index in [1.54, 1.807) is 7.11 Å². The molecule has 0 spiro atoms. The molecular formula is C19H29N5O2. The minimum atomic E-state index is 0.0509. The molecule has 0 saturated heterocycles. The molecule has 1 aliphatic heterocycles. The second kappa shape index (κ2) is 9.54. The number of hydrogen-bond donors (Lipinski definition) is 4. The fraction of sp³-hybridized carbons (Fsp3) is 0.579. The van der Waals surface area contributed by atoms with Crippen LogP contribution in [0, 0.1) is 5.92 Å². The van der Waals surface area contributed by atoms with E-state index < -0.39 is 0 Å². The minimum absolute atomic E-state index is 0.0509. The Balaban J connectivity index is 1.64. The van der Waals surface area contributed by atoms with Crippen molar-refractivity contribution in [2.45, 2.75) is 38.6 Å². The van der Waals surface area contributed by atoms with Crippen LogP contribution in [-0.4, -0.2) is 48.9 Å². The molecule has 0 fully saturated rings. The number of rotatable bonds is 4. The number of carbonyl (C=O) groups excluding carboxylic acids is 1. The zero-order chi connectivity index (χ0) is 18.2. The van der Waals surface area contributed by atoms with Gasteiger partial charge in [-0.1, -0.05) is 6.42 Å². The molecule has 2 aromatic heterocycles. The van der Waals surface area contributed by atoms with E-state index in [0.717, 1.165) is 56.7 Å². The summed E-state index contributed by atoms with van der Waals surface area (Å²) in [6.45, 7) is 2.67. The smallest absolute Gasteiger partial charge is 0.223 e. The van der Waals surface area contributed by atoms with Crippen LogP contribution in [0.1, 0.15) is 37.7 Å². The number of aliphatic imine (C=N–C) groups is 1. The number of amides is 1. The van der Waals surface area contributed by atoms with Gasteiger partial charge in [-0.15, -0.1) is 0 Å². The zero-order valence-corrected chi connectivity index (χ0v) is 15.4. The molecule has 1 amide bonds. The summed E-state index contributed by atoms with van der Waals surface area (Å²) in [6, 6.07) is 2.08. The van der Waals surface area contributed by atoms with Gasteiger partial charge in [-0.2, -0.15) is 0 Å². The molecular weight excluding hydrogens is 330 g/mol. The first-order valence-corrected chi connectivity index (χ1v) is 9.47. The van der Waals surface area contributed by atoms with Crippen molar-refractivity contribution < 1.29 is 9.53 Å². The molecule has 2 aromatic rings. The van der Waals surface area contributed by atoms with Gasteiger partial charge in [0.05, 0.1) is 6.61 Å². The largest absolute Gasteiger partial charge is 0.383 e. The molecule has 0 radical (unpaired) electrons. The van der Waals surface area contributed by atoms with Gasteiger partial charge in [0.1, 0.15) is 11.5 Å². The van der Waals surface area contributed by atoms with E-state index in [2.05, 4.69) is 31.7 Å². The Kier molecular flexibility index (Phi) is 6.85. The maximum absolute atomic E-state index is 12.4. The number of H-pyrrole nitrogens is 2. The third-order valence-corrected chi connectivity index (χ3v) is 4.91. The average molecular weight is 359 g/mol. The molecule has 0 saturated carbocycles. The van der Waals surface area contributed by atoms with Crippen molar-refractivity contribution in [1.82, 2.24) is 20.6 Å². The van der Waals surface area contributed by atoms with Crippen molar-refractivity contribution in [3.63, 3.8) is 0 Å². The van der Waals surface area contributed by atoms with Gasteiger partial charge in [-0.05, 0) is 38.3 Å². The van der Waals surface area contributed by atoms with Crippen molar-refractivity contribution >= 4 is 29.0 Å².